The van der Waals surface area contributed by atoms with Crippen molar-refractivity contribution < 1.29 is 0 Å². The van der Waals surface area contributed by atoms with Crippen LogP contribution in [0.5, 0.6) is 0 Å². The summed E-state index contributed by atoms with van der Waals surface area (Å²) in [5.74, 6) is 0. The van der Waals surface area contributed by atoms with Gasteiger partial charge in [0.2, 0.25) is 0 Å². The first-order valence-electron chi connectivity index (χ1n) is 8.74. The van der Waals surface area contributed by atoms with Crippen LogP contribution < -0.4 is 5.56 Å². The number of aromatic amines is 1. The second-order valence-corrected chi connectivity index (χ2v) is 7.72. The Hall–Kier alpha value is -2.09. The van der Waals surface area contributed by atoms with Gasteiger partial charge in [0.15, 0.2) is 5.16 Å². The maximum absolute atomic E-state index is 12.4. The van der Waals surface area contributed by atoms with Crippen LogP contribution in [-0.4, -0.2) is 37.4 Å². The van der Waals surface area contributed by atoms with E-state index in [-0.39, 0.29) is 5.56 Å². The van der Waals surface area contributed by atoms with E-state index in [1.807, 2.05) is 43.5 Å². The molecule has 0 atom stereocenters. The normalized spacial score (nSPS) is 14.3. The molecule has 0 radical (unpaired) electrons. The lowest BCUT2D eigenvalue weighted by Gasteiger charge is -2.27. The maximum atomic E-state index is 12.4. The molecule has 1 aliphatic heterocycles. The fraction of sp³-hybridized carbons (Fsp3) is 0.316. The molecule has 3 heterocycles. The van der Waals surface area contributed by atoms with E-state index in [0.717, 1.165) is 41.2 Å². The Morgan fingerprint density at radius 2 is 2.07 bits per heavy atom. The molecular weight excluding hydrogens is 382 g/mol. The molecule has 0 unspecified atom stereocenters. The zero-order valence-electron chi connectivity index (χ0n) is 15.2. The molecule has 0 saturated heterocycles. The highest BCUT2D eigenvalue weighted by Gasteiger charge is 2.24. The molecule has 8 heteroatoms. The van der Waals surface area contributed by atoms with Crippen molar-refractivity contribution in [3.8, 4) is 5.69 Å². The molecule has 2 aromatic heterocycles. The summed E-state index contributed by atoms with van der Waals surface area (Å²) in [5, 5.41) is 5.90. The summed E-state index contributed by atoms with van der Waals surface area (Å²) in [6.45, 7) is 4.03. The van der Waals surface area contributed by atoms with Crippen molar-refractivity contribution in [1.82, 2.24) is 24.6 Å². The highest BCUT2D eigenvalue weighted by atomic mass is 35.5. The molecule has 1 N–H and O–H groups in total. The number of halogens is 1. The van der Waals surface area contributed by atoms with Crippen molar-refractivity contribution in [1.29, 1.82) is 0 Å². The second-order valence-electron chi connectivity index (χ2n) is 6.56. The molecule has 0 amide bonds. The minimum atomic E-state index is -0.0446. The number of aryl methyl sites for hydroxylation is 1. The van der Waals surface area contributed by atoms with Crippen LogP contribution in [0.25, 0.3) is 5.69 Å². The van der Waals surface area contributed by atoms with Crippen LogP contribution in [0.3, 0.4) is 0 Å². The molecule has 1 aliphatic rings. The fourth-order valence-corrected chi connectivity index (χ4v) is 4.09. The predicted molar refractivity (Wildman–Crippen MR) is 108 cm³/mol. The van der Waals surface area contributed by atoms with Crippen LogP contribution >= 0.6 is 23.4 Å². The number of hydrogen-bond acceptors (Lipinski definition) is 5. The van der Waals surface area contributed by atoms with Gasteiger partial charge in [0.1, 0.15) is 5.15 Å². The first-order chi connectivity index (χ1) is 13.1. The number of H-pyrrole nitrogens is 1. The third-order valence-corrected chi connectivity index (χ3v) is 5.79. The van der Waals surface area contributed by atoms with E-state index in [2.05, 4.69) is 20.0 Å². The number of nitrogens with zero attached hydrogens (tertiary/aromatic N) is 4. The number of benzene rings is 1. The van der Waals surface area contributed by atoms with E-state index < -0.39 is 0 Å². The van der Waals surface area contributed by atoms with Crippen LogP contribution in [0.4, 0.5) is 0 Å². The van der Waals surface area contributed by atoms with Gasteiger partial charge in [-0.15, -0.1) is 0 Å². The first kappa shape index (κ1) is 18.3. The van der Waals surface area contributed by atoms with Crippen molar-refractivity contribution in [2.75, 3.05) is 12.8 Å². The molecule has 0 saturated carbocycles. The van der Waals surface area contributed by atoms with Gasteiger partial charge < -0.3 is 4.98 Å². The number of fused-ring (bicyclic) bond motifs is 1. The third kappa shape index (κ3) is 3.54. The SMILES string of the molecule is CSc1nc2c(c(=O)[nH]1)CN(Cc1c(C)nn(-c3ccccc3)c1Cl)CC2. The molecule has 0 aliphatic carbocycles. The molecular formula is C19H20ClN5OS. The van der Waals surface area contributed by atoms with Crippen LogP contribution in [0.15, 0.2) is 40.3 Å². The molecule has 6 nitrogen and oxygen atoms in total. The summed E-state index contributed by atoms with van der Waals surface area (Å²) in [6, 6.07) is 9.85. The summed E-state index contributed by atoms with van der Waals surface area (Å²) in [6.07, 6.45) is 2.67. The second kappa shape index (κ2) is 7.50. The van der Waals surface area contributed by atoms with Gasteiger partial charge in [0.25, 0.3) is 5.56 Å². The molecule has 4 rings (SSSR count). The maximum Gasteiger partial charge on any atom is 0.256 e. The van der Waals surface area contributed by atoms with Crippen LogP contribution in [0.2, 0.25) is 5.15 Å². The Morgan fingerprint density at radius 3 is 2.81 bits per heavy atom. The standard InChI is InChI=1S/C19H20ClN5OS/c1-12-14(17(20)25(23-12)13-6-4-3-5-7-13)10-24-9-8-16-15(11-24)18(26)22-19(21-16)27-2/h3-7H,8-11H2,1-2H3,(H,21,22,26). The van der Waals surface area contributed by atoms with Crippen LogP contribution in [0, 0.1) is 6.92 Å². The Morgan fingerprint density at radius 1 is 1.30 bits per heavy atom. The monoisotopic (exact) mass is 401 g/mol. The van der Waals surface area contributed by atoms with Crippen molar-refractivity contribution in [3.63, 3.8) is 0 Å². The van der Waals surface area contributed by atoms with E-state index >= 15 is 0 Å². The van der Waals surface area contributed by atoms with E-state index in [9.17, 15) is 4.79 Å². The number of hydrogen-bond donors (Lipinski definition) is 1. The quantitative estimate of drug-likeness (QED) is 0.537. The summed E-state index contributed by atoms with van der Waals surface area (Å²) in [5.41, 5.74) is 4.45. The van der Waals surface area contributed by atoms with E-state index in [1.54, 1.807) is 4.68 Å². The molecule has 0 fully saturated rings. The highest BCUT2D eigenvalue weighted by molar-refractivity contribution is 7.98. The van der Waals surface area contributed by atoms with E-state index in [0.29, 0.717) is 23.4 Å². The average Bonchev–Trinajstić information content (AvgIpc) is 2.97. The molecule has 1 aromatic carbocycles. The number of nitrogens with one attached hydrogen (secondary N) is 1. The van der Waals surface area contributed by atoms with Gasteiger partial charge in [-0.3, -0.25) is 9.69 Å². The van der Waals surface area contributed by atoms with Gasteiger partial charge >= 0.3 is 0 Å². The first-order valence-corrected chi connectivity index (χ1v) is 10.3. The Bertz CT molecular complexity index is 1030. The van der Waals surface area contributed by atoms with Gasteiger partial charge in [0, 0.05) is 31.6 Å². The van der Waals surface area contributed by atoms with Gasteiger partial charge in [-0.05, 0) is 25.3 Å². The predicted octanol–water partition coefficient (Wildman–Crippen LogP) is 3.20. The molecule has 27 heavy (non-hydrogen) atoms. The average molecular weight is 402 g/mol. The Balaban J connectivity index is 1.59. The minimum absolute atomic E-state index is 0.0446. The van der Waals surface area contributed by atoms with Crippen molar-refractivity contribution in [2.45, 2.75) is 31.6 Å². The van der Waals surface area contributed by atoms with Crippen molar-refractivity contribution in [3.05, 3.63) is 68.4 Å². The summed E-state index contributed by atoms with van der Waals surface area (Å²) < 4.78 is 1.77. The number of aromatic nitrogens is 4. The topological polar surface area (TPSA) is 66.8 Å². The smallest absolute Gasteiger partial charge is 0.256 e. The van der Waals surface area contributed by atoms with Gasteiger partial charge in [0.05, 0.1) is 22.6 Å². The zero-order valence-corrected chi connectivity index (χ0v) is 16.8. The van der Waals surface area contributed by atoms with Crippen LogP contribution in [0.1, 0.15) is 22.5 Å². The lowest BCUT2D eigenvalue weighted by Crippen LogP contribution is -2.35. The zero-order chi connectivity index (χ0) is 19.0. The summed E-state index contributed by atoms with van der Waals surface area (Å²) in [4.78, 5) is 22.0. The number of rotatable bonds is 4. The molecule has 0 bridgehead atoms. The fourth-order valence-electron chi connectivity index (χ4n) is 3.36. The largest absolute Gasteiger partial charge is 0.301 e. The molecule has 3 aromatic rings. The molecule has 140 valence electrons. The Kier molecular flexibility index (Phi) is 5.08. The van der Waals surface area contributed by atoms with Gasteiger partial charge in [-0.25, -0.2) is 9.67 Å². The van der Waals surface area contributed by atoms with Gasteiger partial charge in [-0.1, -0.05) is 41.6 Å². The van der Waals surface area contributed by atoms with E-state index in [4.69, 9.17) is 11.6 Å². The van der Waals surface area contributed by atoms with Crippen LogP contribution in [-0.2, 0) is 19.5 Å². The summed E-state index contributed by atoms with van der Waals surface area (Å²) in [7, 11) is 0. The minimum Gasteiger partial charge on any atom is -0.301 e. The number of para-hydroxylation sites is 1. The van der Waals surface area contributed by atoms with Crippen molar-refractivity contribution >= 4 is 23.4 Å². The lowest BCUT2D eigenvalue weighted by molar-refractivity contribution is 0.240. The molecule has 0 spiro atoms. The Labute approximate surface area is 166 Å². The van der Waals surface area contributed by atoms with Crippen molar-refractivity contribution in [2.24, 2.45) is 0 Å². The highest BCUT2D eigenvalue weighted by Crippen LogP contribution is 2.26. The number of thioether (sulfide) groups is 1. The van der Waals surface area contributed by atoms with E-state index in [1.165, 1.54) is 11.8 Å². The third-order valence-electron chi connectivity index (χ3n) is 4.82. The van der Waals surface area contributed by atoms with Gasteiger partial charge in [-0.2, -0.15) is 5.10 Å². The lowest BCUT2D eigenvalue weighted by atomic mass is 10.1. The summed E-state index contributed by atoms with van der Waals surface area (Å²) >= 11 is 8.10.